The van der Waals surface area contributed by atoms with Crippen molar-refractivity contribution < 1.29 is 4.74 Å². The van der Waals surface area contributed by atoms with Crippen LogP contribution in [0.4, 0.5) is 0 Å². The molecule has 0 radical (unpaired) electrons. The van der Waals surface area contributed by atoms with Crippen LogP contribution in [0.2, 0.25) is 0 Å². The summed E-state index contributed by atoms with van der Waals surface area (Å²) in [6.45, 7) is 3.20. The minimum absolute atomic E-state index is 0.265. The number of aromatic nitrogens is 2. The van der Waals surface area contributed by atoms with E-state index in [9.17, 15) is 0 Å². The van der Waals surface area contributed by atoms with Crippen molar-refractivity contribution in [3.8, 4) is 5.88 Å². The van der Waals surface area contributed by atoms with Crippen LogP contribution in [0.5, 0.6) is 5.88 Å². The lowest BCUT2D eigenvalue weighted by Crippen LogP contribution is -2.26. The number of hydrogen-bond acceptors (Lipinski definition) is 4. The number of nitrogens with one attached hydrogen (secondary N) is 1. The fraction of sp³-hybridized carbons (Fsp3) is 0.750. The third-order valence-electron chi connectivity index (χ3n) is 4.15. The van der Waals surface area contributed by atoms with E-state index in [1.54, 1.807) is 19.5 Å². The maximum absolute atomic E-state index is 5.38. The molecule has 1 fully saturated rings. The monoisotopic (exact) mass is 277 g/mol. The summed E-state index contributed by atoms with van der Waals surface area (Å²) in [7, 11) is 1.67. The second-order valence-electron chi connectivity index (χ2n) is 5.70. The maximum Gasteiger partial charge on any atom is 0.236 e. The fourth-order valence-corrected chi connectivity index (χ4v) is 3.10. The van der Waals surface area contributed by atoms with E-state index in [4.69, 9.17) is 4.74 Å². The Balaban J connectivity index is 2.08. The minimum atomic E-state index is 0.265. The largest absolute Gasteiger partial charge is 0.480 e. The molecule has 20 heavy (non-hydrogen) atoms. The van der Waals surface area contributed by atoms with Crippen molar-refractivity contribution in [2.45, 2.75) is 57.9 Å². The van der Waals surface area contributed by atoms with E-state index >= 15 is 0 Å². The van der Waals surface area contributed by atoms with E-state index in [-0.39, 0.29) is 6.04 Å². The first-order valence-electron chi connectivity index (χ1n) is 7.93. The zero-order valence-electron chi connectivity index (χ0n) is 12.8. The molecule has 1 aliphatic carbocycles. The molecule has 1 saturated carbocycles. The van der Waals surface area contributed by atoms with Gasteiger partial charge in [-0.15, -0.1) is 0 Å². The quantitative estimate of drug-likeness (QED) is 0.828. The summed E-state index contributed by atoms with van der Waals surface area (Å²) in [5.41, 5.74) is 0.967. The van der Waals surface area contributed by atoms with Crippen molar-refractivity contribution in [3.05, 3.63) is 18.1 Å². The normalized spacial score (nSPS) is 17.9. The molecule has 1 aromatic rings. The second-order valence-corrected chi connectivity index (χ2v) is 5.70. The first-order chi connectivity index (χ1) is 9.85. The van der Waals surface area contributed by atoms with E-state index in [0.29, 0.717) is 5.88 Å². The lowest BCUT2D eigenvalue weighted by Gasteiger charge is -2.27. The van der Waals surface area contributed by atoms with Crippen LogP contribution in [-0.2, 0) is 0 Å². The summed E-state index contributed by atoms with van der Waals surface area (Å²) in [5, 5.41) is 3.63. The Labute approximate surface area is 122 Å². The second kappa shape index (κ2) is 8.20. The molecule has 0 spiro atoms. The van der Waals surface area contributed by atoms with Crippen LogP contribution in [0.3, 0.4) is 0 Å². The summed E-state index contributed by atoms with van der Waals surface area (Å²) < 4.78 is 5.38. The highest BCUT2D eigenvalue weighted by atomic mass is 16.5. The van der Waals surface area contributed by atoms with E-state index in [1.807, 2.05) is 0 Å². The molecular weight excluding hydrogens is 250 g/mol. The Morgan fingerprint density at radius 2 is 2.00 bits per heavy atom. The van der Waals surface area contributed by atoms with Gasteiger partial charge in [-0.3, -0.25) is 4.98 Å². The van der Waals surface area contributed by atoms with Crippen molar-refractivity contribution >= 4 is 0 Å². The third kappa shape index (κ3) is 4.17. The molecule has 1 heterocycles. The van der Waals surface area contributed by atoms with Crippen LogP contribution >= 0.6 is 0 Å². The van der Waals surface area contributed by atoms with Gasteiger partial charge in [0.2, 0.25) is 5.88 Å². The van der Waals surface area contributed by atoms with Crippen LogP contribution in [0.15, 0.2) is 12.4 Å². The Kier molecular flexibility index (Phi) is 6.25. The molecule has 0 aromatic carbocycles. The Morgan fingerprint density at radius 3 is 2.70 bits per heavy atom. The third-order valence-corrected chi connectivity index (χ3v) is 4.15. The van der Waals surface area contributed by atoms with Crippen LogP contribution in [0.1, 0.15) is 63.6 Å². The number of methoxy groups -OCH3 is 1. The van der Waals surface area contributed by atoms with E-state index < -0.39 is 0 Å². The van der Waals surface area contributed by atoms with E-state index in [0.717, 1.165) is 31.0 Å². The van der Waals surface area contributed by atoms with Crippen molar-refractivity contribution in [3.63, 3.8) is 0 Å². The highest BCUT2D eigenvalue weighted by molar-refractivity contribution is 5.21. The zero-order valence-corrected chi connectivity index (χ0v) is 12.8. The number of hydrogen-bond donors (Lipinski definition) is 1. The summed E-state index contributed by atoms with van der Waals surface area (Å²) in [6, 6.07) is 0.265. The van der Waals surface area contributed by atoms with Crippen molar-refractivity contribution in [2.75, 3.05) is 13.7 Å². The molecule has 0 bridgehead atoms. The number of nitrogens with zero attached hydrogens (tertiary/aromatic N) is 2. The van der Waals surface area contributed by atoms with Gasteiger partial charge in [-0.1, -0.05) is 39.0 Å². The van der Waals surface area contributed by atoms with Gasteiger partial charge in [0.1, 0.15) is 5.69 Å². The summed E-state index contributed by atoms with van der Waals surface area (Å²) in [5.74, 6) is 1.47. The van der Waals surface area contributed by atoms with Crippen molar-refractivity contribution in [2.24, 2.45) is 5.92 Å². The van der Waals surface area contributed by atoms with Gasteiger partial charge in [-0.25, -0.2) is 4.98 Å². The van der Waals surface area contributed by atoms with Crippen molar-refractivity contribution in [1.29, 1.82) is 0 Å². The molecule has 0 saturated heterocycles. The molecule has 0 amide bonds. The summed E-state index contributed by atoms with van der Waals surface area (Å²) in [6.07, 6.45) is 12.6. The number of ether oxygens (including phenoxy) is 1. The summed E-state index contributed by atoms with van der Waals surface area (Å²) >= 11 is 0. The van der Waals surface area contributed by atoms with Gasteiger partial charge < -0.3 is 10.1 Å². The highest BCUT2D eigenvalue weighted by Gasteiger charge is 2.23. The van der Waals surface area contributed by atoms with Gasteiger partial charge in [0.25, 0.3) is 0 Å². The lowest BCUT2D eigenvalue weighted by molar-refractivity contribution is 0.290. The molecule has 112 valence electrons. The molecule has 1 atom stereocenters. The van der Waals surface area contributed by atoms with Gasteiger partial charge in [0.15, 0.2) is 0 Å². The van der Waals surface area contributed by atoms with E-state index in [1.165, 1.54) is 32.1 Å². The molecule has 1 N–H and O–H groups in total. The van der Waals surface area contributed by atoms with Crippen LogP contribution in [-0.4, -0.2) is 23.6 Å². The first-order valence-corrected chi connectivity index (χ1v) is 7.93. The molecule has 4 heteroatoms. The fourth-order valence-electron chi connectivity index (χ4n) is 3.10. The lowest BCUT2D eigenvalue weighted by atomic mass is 9.84. The minimum Gasteiger partial charge on any atom is -0.480 e. The predicted molar refractivity (Wildman–Crippen MR) is 80.8 cm³/mol. The molecule has 2 rings (SSSR count). The van der Waals surface area contributed by atoms with E-state index in [2.05, 4.69) is 22.2 Å². The summed E-state index contributed by atoms with van der Waals surface area (Å²) in [4.78, 5) is 8.81. The molecule has 1 aromatic heterocycles. The Morgan fingerprint density at radius 1 is 1.25 bits per heavy atom. The van der Waals surface area contributed by atoms with Gasteiger partial charge >= 0.3 is 0 Å². The Bertz CT molecular complexity index is 391. The van der Waals surface area contributed by atoms with Gasteiger partial charge in [0.05, 0.1) is 13.2 Å². The standard InChI is InChI=1S/C16H27N3O/c1-3-9-17-14(12-13-7-5-4-6-8-13)15-16(20-2)19-11-10-18-15/h10-11,13-14,17H,3-9,12H2,1-2H3. The molecular formula is C16H27N3O. The average Bonchev–Trinajstić information content (AvgIpc) is 2.52. The van der Waals surface area contributed by atoms with Crippen LogP contribution < -0.4 is 10.1 Å². The molecule has 1 aliphatic rings. The smallest absolute Gasteiger partial charge is 0.236 e. The zero-order chi connectivity index (χ0) is 14.2. The van der Waals surface area contributed by atoms with Gasteiger partial charge in [-0.05, 0) is 25.3 Å². The average molecular weight is 277 g/mol. The Hall–Kier alpha value is -1.16. The maximum atomic E-state index is 5.38. The van der Waals surface area contributed by atoms with Crippen molar-refractivity contribution in [1.82, 2.24) is 15.3 Å². The van der Waals surface area contributed by atoms with Crippen LogP contribution in [0.25, 0.3) is 0 Å². The highest BCUT2D eigenvalue weighted by Crippen LogP contribution is 2.33. The topological polar surface area (TPSA) is 47.0 Å². The molecule has 4 nitrogen and oxygen atoms in total. The molecule has 0 aliphatic heterocycles. The SMILES string of the molecule is CCCNC(CC1CCCCC1)c1nccnc1OC. The molecule has 1 unspecified atom stereocenters. The number of rotatable bonds is 7. The van der Waals surface area contributed by atoms with Crippen LogP contribution in [0, 0.1) is 5.92 Å². The van der Waals surface area contributed by atoms with Gasteiger partial charge in [0, 0.05) is 12.4 Å². The predicted octanol–water partition coefficient (Wildman–Crippen LogP) is 3.50. The first kappa shape index (κ1) is 15.2. The van der Waals surface area contributed by atoms with Gasteiger partial charge in [-0.2, -0.15) is 0 Å².